The van der Waals surface area contributed by atoms with E-state index in [0.717, 1.165) is 11.1 Å². The Morgan fingerprint density at radius 3 is 2.17 bits per heavy atom. The van der Waals surface area contributed by atoms with Gasteiger partial charge >= 0.3 is 153 Å². The van der Waals surface area contributed by atoms with Crippen molar-refractivity contribution >= 4 is 54.5 Å². The molecule has 0 unspecified atom stereocenters. The van der Waals surface area contributed by atoms with Crippen LogP contribution in [0.4, 0.5) is 5.69 Å². The second kappa shape index (κ2) is 5.35. The molecule has 3 aromatic carbocycles. The van der Waals surface area contributed by atoms with Crippen molar-refractivity contribution in [1.29, 1.82) is 0 Å². The van der Waals surface area contributed by atoms with Gasteiger partial charge < -0.3 is 0 Å². The Labute approximate surface area is 152 Å². The molecular weight excluding hydrogens is 406 g/mol. The van der Waals surface area contributed by atoms with Crippen LogP contribution in [0.2, 0.25) is 0 Å². The second-order valence-electron chi connectivity index (χ2n) is 7.41. The van der Waals surface area contributed by atoms with Gasteiger partial charge in [-0.25, -0.2) is 0 Å². The van der Waals surface area contributed by atoms with Crippen molar-refractivity contribution in [1.82, 2.24) is 0 Å². The van der Waals surface area contributed by atoms with Gasteiger partial charge in [0.1, 0.15) is 0 Å². The standard InChI is InChI=1S/C22H19NTe/c1-13-9-10-17-16-12-11-14-15(7-6-8-18(14)23-5)20(16)24-21(17)19(13)22(2,3)4/h6-12H,1-4H3. The van der Waals surface area contributed by atoms with Crippen molar-refractivity contribution in [2.45, 2.75) is 33.1 Å². The third-order valence-electron chi connectivity index (χ3n) is 4.72. The average molecular weight is 425 g/mol. The van der Waals surface area contributed by atoms with Crippen molar-refractivity contribution in [2.24, 2.45) is 0 Å². The van der Waals surface area contributed by atoms with Crippen LogP contribution in [0, 0.1) is 13.5 Å². The van der Waals surface area contributed by atoms with E-state index < -0.39 is 20.4 Å². The topological polar surface area (TPSA) is 4.36 Å². The molecule has 0 aliphatic carbocycles. The molecule has 1 aromatic heterocycles. The van der Waals surface area contributed by atoms with E-state index in [9.17, 15) is 0 Å². The number of fused-ring (bicyclic) bond motifs is 5. The number of hydrogen-bond donors (Lipinski definition) is 0. The molecule has 0 aliphatic rings. The summed E-state index contributed by atoms with van der Waals surface area (Å²) in [5.74, 6) is 0. The molecule has 0 amide bonds. The summed E-state index contributed by atoms with van der Waals surface area (Å²) in [6.07, 6.45) is 0. The summed E-state index contributed by atoms with van der Waals surface area (Å²) in [4.78, 5) is 3.71. The van der Waals surface area contributed by atoms with Crippen LogP contribution in [0.1, 0.15) is 31.9 Å². The number of rotatable bonds is 0. The SMILES string of the molecule is [C-]#[N+]c1cccc2c1ccc1c3ccc(C)c(C(C)(C)C)c3[te]c21. The molecule has 1 nitrogen and oxygen atoms in total. The molecule has 24 heavy (non-hydrogen) atoms. The van der Waals surface area contributed by atoms with Gasteiger partial charge in [-0.2, -0.15) is 0 Å². The normalized spacial score (nSPS) is 12.1. The first-order chi connectivity index (χ1) is 11.4. The molecule has 2 heteroatoms. The average Bonchev–Trinajstić information content (AvgIpc) is 2.91. The van der Waals surface area contributed by atoms with Crippen LogP contribution in [0.5, 0.6) is 0 Å². The third kappa shape index (κ3) is 2.20. The fourth-order valence-electron chi connectivity index (χ4n) is 3.77. The van der Waals surface area contributed by atoms with Gasteiger partial charge in [0.15, 0.2) is 0 Å². The monoisotopic (exact) mass is 427 g/mol. The molecule has 0 spiro atoms. The first-order valence-corrected chi connectivity index (χ1v) is 10.5. The zero-order valence-corrected chi connectivity index (χ0v) is 16.7. The molecule has 0 aliphatic heterocycles. The molecule has 0 fully saturated rings. The first kappa shape index (κ1) is 15.7. The van der Waals surface area contributed by atoms with Gasteiger partial charge in [0, 0.05) is 0 Å². The fraction of sp³-hybridized carbons (Fsp3) is 0.227. The molecule has 0 atom stereocenters. The molecular formula is C22H19NTe. The predicted octanol–water partition coefficient (Wildman–Crippen LogP) is 6.36. The molecule has 4 aromatic rings. The first-order valence-electron chi connectivity index (χ1n) is 8.17. The van der Waals surface area contributed by atoms with E-state index in [2.05, 4.69) is 62.9 Å². The van der Waals surface area contributed by atoms with Crippen LogP contribution in [0.15, 0.2) is 42.5 Å². The molecule has 118 valence electrons. The molecule has 0 saturated carbocycles. The third-order valence-corrected chi connectivity index (χ3v) is 8.35. The summed E-state index contributed by atoms with van der Waals surface area (Å²) in [6.45, 7) is 16.6. The van der Waals surface area contributed by atoms with Gasteiger partial charge in [-0.3, -0.25) is 0 Å². The quantitative estimate of drug-likeness (QED) is 0.228. The van der Waals surface area contributed by atoms with Crippen molar-refractivity contribution in [2.75, 3.05) is 0 Å². The predicted molar refractivity (Wildman–Crippen MR) is 106 cm³/mol. The summed E-state index contributed by atoms with van der Waals surface area (Å²) >= 11 is -0.442. The van der Waals surface area contributed by atoms with Gasteiger partial charge in [-0.05, 0) is 0 Å². The van der Waals surface area contributed by atoms with Gasteiger partial charge in [0.25, 0.3) is 0 Å². The van der Waals surface area contributed by atoms with Gasteiger partial charge in [-0.15, -0.1) is 0 Å². The molecule has 0 bridgehead atoms. The van der Waals surface area contributed by atoms with Crippen LogP contribution in [0.25, 0.3) is 33.2 Å². The van der Waals surface area contributed by atoms with Crippen LogP contribution in [-0.4, -0.2) is 20.4 Å². The molecule has 1 heterocycles. The zero-order valence-electron chi connectivity index (χ0n) is 14.4. The molecule has 0 N–H and O–H groups in total. The van der Waals surface area contributed by atoms with Gasteiger partial charge in [0.05, 0.1) is 0 Å². The summed E-state index contributed by atoms with van der Waals surface area (Å²) in [6, 6.07) is 15.1. The van der Waals surface area contributed by atoms with Crippen molar-refractivity contribution < 1.29 is 0 Å². The Kier molecular flexibility index (Phi) is 3.50. The number of hydrogen-bond acceptors (Lipinski definition) is 0. The number of benzene rings is 3. The number of aryl methyl sites for hydroxylation is 1. The van der Waals surface area contributed by atoms with Crippen LogP contribution in [-0.2, 0) is 5.41 Å². The maximum atomic E-state index is 7.43. The minimum absolute atomic E-state index is 0.166. The molecule has 0 radical (unpaired) electrons. The van der Waals surface area contributed by atoms with Crippen molar-refractivity contribution in [3.8, 4) is 0 Å². The van der Waals surface area contributed by atoms with E-state index in [0.29, 0.717) is 0 Å². The maximum absolute atomic E-state index is 7.43. The van der Waals surface area contributed by atoms with E-state index in [4.69, 9.17) is 6.57 Å². The molecule has 4 rings (SSSR count). The Morgan fingerprint density at radius 2 is 1.46 bits per heavy atom. The summed E-state index contributed by atoms with van der Waals surface area (Å²) in [5, 5.41) is 5.22. The number of nitrogens with zero attached hydrogens (tertiary/aromatic N) is 1. The van der Waals surface area contributed by atoms with E-state index >= 15 is 0 Å². The van der Waals surface area contributed by atoms with Crippen molar-refractivity contribution in [3.63, 3.8) is 0 Å². The van der Waals surface area contributed by atoms with Crippen LogP contribution >= 0.6 is 0 Å². The van der Waals surface area contributed by atoms with E-state index in [1.807, 2.05) is 12.1 Å². The summed E-state index contributed by atoms with van der Waals surface area (Å²) in [5.41, 5.74) is 3.88. The Morgan fingerprint density at radius 1 is 0.833 bits per heavy atom. The summed E-state index contributed by atoms with van der Waals surface area (Å²) in [7, 11) is 0. The van der Waals surface area contributed by atoms with Gasteiger partial charge in [-0.1, -0.05) is 0 Å². The minimum atomic E-state index is -0.442. The van der Waals surface area contributed by atoms with Crippen LogP contribution in [0.3, 0.4) is 0 Å². The van der Waals surface area contributed by atoms with Crippen LogP contribution < -0.4 is 0 Å². The zero-order chi connectivity index (χ0) is 17.1. The van der Waals surface area contributed by atoms with E-state index in [1.54, 1.807) is 3.40 Å². The van der Waals surface area contributed by atoms with Gasteiger partial charge in [0.2, 0.25) is 0 Å². The summed E-state index contributed by atoms with van der Waals surface area (Å²) < 4.78 is 3.11. The van der Waals surface area contributed by atoms with E-state index in [1.165, 1.54) is 30.7 Å². The second-order valence-corrected chi connectivity index (χ2v) is 10.3. The Balaban J connectivity index is 2.24. The van der Waals surface area contributed by atoms with E-state index in [-0.39, 0.29) is 5.41 Å². The molecule has 0 saturated heterocycles. The Hall–Kier alpha value is -1.80. The Bertz CT molecular complexity index is 1150. The fourth-order valence-corrected chi connectivity index (χ4v) is 8.44. The van der Waals surface area contributed by atoms with Crippen molar-refractivity contribution in [3.05, 3.63) is 65.0 Å².